The topological polar surface area (TPSA) is 25.4 Å². The molecule has 0 spiro atoms. The number of likely N-dealkylation sites (tertiary alicyclic amines) is 1. The molecule has 0 saturated carbocycles. The second-order valence-corrected chi connectivity index (χ2v) is 6.80. The van der Waals surface area contributed by atoms with Crippen molar-refractivity contribution in [3.05, 3.63) is 29.1 Å². The Morgan fingerprint density at radius 1 is 1.41 bits per heavy atom. The Balaban J connectivity index is 1.84. The first-order valence-electron chi connectivity index (χ1n) is 8.12. The van der Waals surface area contributed by atoms with Gasteiger partial charge < -0.3 is 4.74 Å². The second-order valence-electron chi connectivity index (χ2n) is 6.80. The van der Waals surface area contributed by atoms with Gasteiger partial charge in [-0.15, -0.1) is 0 Å². The number of ether oxygens (including phenoxy) is 1. The first-order chi connectivity index (χ1) is 10.4. The van der Waals surface area contributed by atoms with E-state index in [1.165, 1.54) is 5.56 Å². The Bertz CT molecular complexity index is 527. The molecule has 0 aromatic carbocycles. The molecule has 1 atom stereocenters. The summed E-state index contributed by atoms with van der Waals surface area (Å²) in [5.41, 5.74) is 3.17. The first kappa shape index (κ1) is 15.8. The summed E-state index contributed by atoms with van der Waals surface area (Å²) in [6, 6.07) is 4.20. The van der Waals surface area contributed by atoms with E-state index in [2.05, 4.69) is 26.0 Å². The van der Waals surface area contributed by atoms with Crippen molar-refractivity contribution in [3.63, 3.8) is 0 Å². The molecular formula is C17H24F2N2O. The molecule has 5 heteroatoms. The molecule has 1 aromatic heterocycles. The first-order valence-corrected chi connectivity index (χ1v) is 8.12. The zero-order valence-corrected chi connectivity index (χ0v) is 13.3. The quantitative estimate of drug-likeness (QED) is 0.850. The highest BCUT2D eigenvalue weighted by Crippen LogP contribution is 2.32. The van der Waals surface area contributed by atoms with Crippen molar-refractivity contribution in [1.82, 2.24) is 9.88 Å². The van der Waals surface area contributed by atoms with Crippen LogP contribution in [0.1, 0.15) is 55.5 Å². The lowest BCUT2D eigenvalue weighted by Gasteiger charge is -2.21. The van der Waals surface area contributed by atoms with E-state index in [4.69, 9.17) is 9.72 Å². The summed E-state index contributed by atoms with van der Waals surface area (Å²) in [5.74, 6) is -1.86. The zero-order valence-electron chi connectivity index (χ0n) is 13.3. The third-order valence-electron chi connectivity index (χ3n) is 4.61. The van der Waals surface area contributed by atoms with Crippen molar-refractivity contribution in [2.45, 2.75) is 51.0 Å². The molecule has 3 nitrogen and oxygen atoms in total. The Morgan fingerprint density at radius 2 is 2.23 bits per heavy atom. The Kier molecular flexibility index (Phi) is 4.46. The van der Waals surface area contributed by atoms with Crippen LogP contribution in [0.2, 0.25) is 0 Å². The fraction of sp³-hybridized carbons (Fsp3) is 0.706. The number of nitrogens with zero attached hydrogens (tertiary/aromatic N) is 2. The molecule has 2 aliphatic heterocycles. The predicted molar refractivity (Wildman–Crippen MR) is 81.3 cm³/mol. The molecule has 0 bridgehead atoms. The van der Waals surface area contributed by atoms with Gasteiger partial charge in [0.15, 0.2) is 0 Å². The molecule has 2 saturated heterocycles. The smallest absolute Gasteiger partial charge is 0.261 e. The van der Waals surface area contributed by atoms with Crippen LogP contribution in [0.15, 0.2) is 12.1 Å². The zero-order chi connectivity index (χ0) is 15.7. The number of alkyl halides is 2. The van der Waals surface area contributed by atoms with Gasteiger partial charge in [-0.2, -0.15) is 0 Å². The molecule has 122 valence electrons. The normalized spacial score (nSPS) is 25.2. The summed E-state index contributed by atoms with van der Waals surface area (Å²) in [7, 11) is 0. The van der Waals surface area contributed by atoms with Gasteiger partial charge in [-0.3, -0.25) is 9.88 Å². The lowest BCUT2D eigenvalue weighted by molar-refractivity contribution is 0.0113. The molecule has 2 fully saturated rings. The molecular weight excluding hydrogens is 286 g/mol. The van der Waals surface area contributed by atoms with Crippen molar-refractivity contribution >= 4 is 0 Å². The maximum absolute atomic E-state index is 13.4. The van der Waals surface area contributed by atoms with Crippen LogP contribution >= 0.6 is 0 Å². The van der Waals surface area contributed by atoms with Crippen molar-refractivity contribution in [2.24, 2.45) is 0 Å². The maximum atomic E-state index is 13.4. The van der Waals surface area contributed by atoms with E-state index in [1.54, 1.807) is 0 Å². The van der Waals surface area contributed by atoms with E-state index in [0.717, 1.165) is 24.4 Å². The second kappa shape index (κ2) is 6.20. The van der Waals surface area contributed by atoms with Gasteiger partial charge in [0, 0.05) is 37.7 Å². The molecule has 0 amide bonds. The van der Waals surface area contributed by atoms with Crippen LogP contribution in [0, 0.1) is 0 Å². The van der Waals surface area contributed by atoms with Crippen LogP contribution in [0.5, 0.6) is 0 Å². The number of halogens is 2. The van der Waals surface area contributed by atoms with Gasteiger partial charge in [0.25, 0.3) is 5.92 Å². The maximum Gasteiger partial charge on any atom is 0.261 e. The summed E-state index contributed by atoms with van der Waals surface area (Å²) in [6.45, 7) is 6.51. The largest absolute Gasteiger partial charge is 0.381 e. The highest BCUT2D eigenvalue weighted by molar-refractivity contribution is 5.29. The molecule has 3 rings (SSSR count). The summed E-state index contributed by atoms with van der Waals surface area (Å²) >= 11 is 0. The van der Waals surface area contributed by atoms with Gasteiger partial charge >= 0.3 is 0 Å². The Hall–Kier alpha value is -1.07. The molecule has 1 aromatic rings. The Morgan fingerprint density at radius 3 is 2.82 bits per heavy atom. The monoisotopic (exact) mass is 310 g/mol. The molecule has 0 N–H and O–H groups in total. The molecule has 0 aliphatic carbocycles. The highest BCUT2D eigenvalue weighted by atomic mass is 19.3. The van der Waals surface area contributed by atoms with Gasteiger partial charge in [-0.25, -0.2) is 8.78 Å². The van der Waals surface area contributed by atoms with E-state index >= 15 is 0 Å². The number of pyridine rings is 1. The van der Waals surface area contributed by atoms with Crippen LogP contribution in [0.3, 0.4) is 0 Å². The molecule has 2 aliphatic rings. The molecule has 3 heterocycles. The van der Waals surface area contributed by atoms with Crippen LogP contribution in [-0.4, -0.2) is 42.1 Å². The van der Waals surface area contributed by atoms with Crippen molar-refractivity contribution < 1.29 is 13.5 Å². The van der Waals surface area contributed by atoms with E-state index in [-0.39, 0.29) is 13.0 Å². The van der Waals surface area contributed by atoms with E-state index < -0.39 is 5.92 Å². The van der Waals surface area contributed by atoms with Gasteiger partial charge in [0.1, 0.15) is 0 Å². The minimum atomic E-state index is -2.55. The van der Waals surface area contributed by atoms with Crippen LogP contribution in [0.4, 0.5) is 8.78 Å². The van der Waals surface area contributed by atoms with Gasteiger partial charge in [0.05, 0.1) is 18.8 Å². The summed E-state index contributed by atoms with van der Waals surface area (Å²) < 4.78 is 32.3. The third kappa shape index (κ3) is 3.46. The van der Waals surface area contributed by atoms with Gasteiger partial charge in [0.2, 0.25) is 0 Å². The van der Waals surface area contributed by atoms with Crippen LogP contribution < -0.4 is 0 Å². The van der Waals surface area contributed by atoms with E-state index in [0.29, 0.717) is 31.5 Å². The summed E-state index contributed by atoms with van der Waals surface area (Å²) in [4.78, 5) is 6.61. The summed E-state index contributed by atoms with van der Waals surface area (Å²) in [6.07, 6.45) is 0.949. The Labute approximate surface area is 130 Å². The SMILES string of the molecule is CC(C)c1ccc([C@@H]2CCOC2)c(CN2CCC(F)(F)C2)n1. The minimum absolute atomic E-state index is 0.0429. The van der Waals surface area contributed by atoms with Crippen molar-refractivity contribution in [2.75, 3.05) is 26.3 Å². The summed E-state index contributed by atoms with van der Waals surface area (Å²) in [5, 5.41) is 0. The highest BCUT2D eigenvalue weighted by Gasteiger charge is 2.38. The average Bonchev–Trinajstić information content (AvgIpc) is 3.08. The van der Waals surface area contributed by atoms with Crippen LogP contribution in [-0.2, 0) is 11.3 Å². The molecule has 0 radical (unpaired) electrons. The minimum Gasteiger partial charge on any atom is -0.381 e. The van der Waals surface area contributed by atoms with Gasteiger partial charge in [-0.05, 0) is 24.0 Å². The fourth-order valence-electron chi connectivity index (χ4n) is 3.28. The van der Waals surface area contributed by atoms with E-state index in [9.17, 15) is 8.78 Å². The predicted octanol–water partition coefficient (Wildman–Crippen LogP) is 3.55. The molecule has 0 unspecified atom stereocenters. The van der Waals surface area contributed by atoms with Gasteiger partial charge in [-0.1, -0.05) is 19.9 Å². The number of hydrogen-bond donors (Lipinski definition) is 0. The molecule has 22 heavy (non-hydrogen) atoms. The van der Waals surface area contributed by atoms with Crippen molar-refractivity contribution in [1.29, 1.82) is 0 Å². The number of rotatable bonds is 4. The van der Waals surface area contributed by atoms with Crippen LogP contribution in [0.25, 0.3) is 0 Å². The standard InChI is InChI=1S/C17H24F2N2O/c1-12(2)15-4-3-14(13-5-8-22-10-13)16(20-15)9-21-7-6-17(18,19)11-21/h3-4,12-13H,5-11H2,1-2H3/t13-/m1/s1. The lowest BCUT2D eigenvalue weighted by Crippen LogP contribution is -2.26. The van der Waals surface area contributed by atoms with Crippen molar-refractivity contribution in [3.8, 4) is 0 Å². The third-order valence-corrected chi connectivity index (χ3v) is 4.61. The average molecular weight is 310 g/mol. The number of aromatic nitrogens is 1. The fourth-order valence-corrected chi connectivity index (χ4v) is 3.28. The lowest BCUT2D eigenvalue weighted by atomic mass is 9.95. The number of hydrogen-bond acceptors (Lipinski definition) is 3. The van der Waals surface area contributed by atoms with E-state index in [1.807, 2.05) is 4.90 Å².